The van der Waals surface area contributed by atoms with E-state index < -0.39 is 6.61 Å². The Labute approximate surface area is 113 Å². The molecule has 1 aliphatic rings. The van der Waals surface area contributed by atoms with Crippen LogP contribution in [-0.4, -0.2) is 58.7 Å². The van der Waals surface area contributed by atoms with Crippen molar-refractivity contribution in [2.45, 2.75) is 19.8 Å². The maximum atomic E-state index is 11.4. The van der Waals surface area contributed by atoms with E-state index in [2.05, 4.69) is 28.7 Å². The van der Waals surface area contributed by atoms with Crippen LogP contribution in [0.3, 0.4) is 0 Å². The zero-order valence-electron chi connectivity index (χ0n) is 11.4. The van der Waals surface area contributed by atoms with E-state index in [1.807, 2.05) is 12.4 Å². The molecule has 0 bridgehead atoms. The summed E-state index contributed by atoms with van der Waals surface area (Å²) in [6.45, 7) is 6.41. The van der Waals surface area contributed by atoms with Gasteiger partial charge in [-0.15, -0.1) is 0 Å². The first-order valence-corrected chi connectivity index (χ1v) is 6.57. The summed E-state index contributed by atoms with van der Waals surface area (Å²) in [5, 5.41) is 8.82. The molecule has 1 aromatic heterocycles. The summed E-state index contributed by atoms with van der Waals surface area (Å²) >= 11 is 0. The zero-order chi connectivity index (χ0) is 13.8. The second kappa shape index (κ2) is 5.97. The van der Waals surface area contributed by atoms with Crippen molar-refractivity contribution in [1.82, 2.24) is 14.9 Å². The van der Waals surface area contributed by atoms with Crippen molar-refractivity contribution < 1.29 is 9.90 Å². The lowest BCUT2D eigenvalue weighted by molar-refractivity contribution is -0.134. The van der Waals surface area contributed by atoms with Gasteiger partial charge in [-0.05, 0) is 11.5 Å². The third kappa shape index (κ3) is 3.20. The predicted molar refractivity (Wildman–Crippen MR) is 72.0 cm³/mol. The van der Waals surface area contributed by atoms with Crippen molar-refractivity contribution in [1.29, 1.82) is 0 Å². The number of carbonyl (C=O) groups excluding carboxylic acids is 1. The Morgan fingerprint density at radius 1 is 1.26 bits per heavy atom. The van der Waals surface area contributed by atoms with Crippen molar-refractivity contribution >= 4 is 11.9 Å². The number of aliphatic hydroxyl groups is 1. The number of hydrogen-bond acceptors (Lipinski definition) is 5. The highest BCUT2D eigenvalue weighted by atomic mass is 16.3. The number of amides is 1. The van der Waals surface area contributed by atoms with Gasteiger partial charge in [0.1, 0.15) is 6.61 Å². The number of hydrogen-bond donors (Lipinski definition) is 1. The van der Waals surface area contributed by atoms with Gasteiger partial charge in [0.05, 0.1) is 0 Å². The standard InChI is InChI=1S/C13H20N4O2/c1-10(2)11-7-14-13(15-8-11)17-5-3-16(4-6-17)12(19)9-18/h7-8,10,18H,3-6,9H2,1-2H3. The van der Waals surface area contributed by atoms with Crippen molar-refractivity contribution in [3.63, 3.8) is 0 Å². The van der Waals surface area contributed by atoms with Gasteiger partial charge in [-0.1, -0.05) is 13.8 Å². The van der Waals surface area contributed by atoms with Crippen LogP contribution in [0.1, 0.15) is 25.3 Å². The maximum absolute atomic E-state index is 11.4. The van der Waals surface area contributed by atoms with Gasteiger partial charge in [0, 0.05) is 38.6 Å². The Hall–Kier alpha value is -1.69. The van der Waals surface area contributed by atoms with E-state index in [4.69, 9.17) is 5.11 Å². The van der Waals surface area contributed by atoms with E-state index in [1.165, 1.54) is 0 Å². The number of aliphatic hydroxyl groups excluding tert-OH is 1. The molecule has 1 N–H and O–H groups in total. The largest absolute Gasteiger partial charge is 0.387 e. The Morgan fingerprint density at radius 2 is 1.84 bits per heavy atom. The quantitative estimate of drug-likeness (QED) is 0.847. The fourth-order valence-corrected chi connectivity index (χ4v) is 2.05. The predicted octanol–water partition coefficient (Wildman–Crippen LogP) is 0.241. The minimum atomic E-state index is -0.417. The monoisotopic (exact) mass is 264 g/mol. The van der Waals surface area contributed by atoms with Crippen LogP contribution in [0.5, 0.6) is 0 Å². The molecule has 0 radical (unpaired) electrons. The smallest absolute Gasteiger partial charge is 0.248 e. The second-order valence-electron chi connectivity index (χ2n) is 5.00. The number of nitrogens with zero attached hydrogens (tertiary/aromatic N) is 4. The van der Waals surface area contributed by atoms with Crippen LogP contribution in [0.25, 0.3) is 0 Å². The SMILES string of the molecule is CC(C)c1cnc(N2CCN(C(=O)CO)CC2)nc1. The molecular weight excluding hydrogens is 244 g/mol. The molecule has 1 saturated heterocycles. The number of anilines is 1. The first kappa shape index (κ1) is 13.7. The third-order valence-corrected chi connectivity index (χ3v) is 3.38. The summed E-state index contributed by atoms with van der Waals surface area (Å²) in [4.78, 5) is 23.8. The minimum Gasteiger partial charge on any atom is -0.387 e. The van der Waals surface area contributed by atoms with Crippen LogP contribution in [-0.2, 0) is 4.79 Å². The third-order valence-electron chi connectivity index (χ3n) is 3.38. The molecule has 0 aromatic carbocycles. The molecule has 0 atom stereocenters. The molecule has 1 aliphatic heterocycles. The van der Waals surface area contributed by atoms with Crippen LogP contribution in [0.15, 0.2) is 12.4 Å². The van der Waals surface area contributed by atoms with Crippen LogP contribution < -0.4 is 4.90 Å². The molecule has 1 aromatic rings. The van der Waals surface area contributed by atoms with E-state index >= 15 is 0 Å². The summed E-state index contributed by atoms with van der Waals surface area (Å²) in [6, 6.07) is 0. The van der Waals surface area contributed by atoms with E-state index in [-0.39, 0.29) is 5.91 Å². The van der Waals surface area contributed by atoms with E-state index in [1.54, 1.807) is 4.90 Å². The molecular formula is C13H20N4O2. The number of rotatable bonds is 3. The molecule has 1 fully saturated rings. The van der Waals surface area contributed by atoms with E-state index in [0.717, 1.165) is 5.56 Å². The van der Waals surface area contributed by atoms with Gasteiger partial charge in [0.2, 0.25) is 11.9 Å². The zero-order valence-corrected chi connectivity index (χ0v) is 11.4. The molecule has 6 heteroatoms. The molecule has 2 heterocycles. The Bertz CT molecular complexity index is 425. The van der Waals surface area contributed by atoms with Gasteiger partial charge < -0.3 is 14.9 Å². The lowest BCUT2D eigenvalue weighted by Crippen LogP contribution is -2.50. The number of carbonyl (C=O) groups is 1. The Morgan fingerprint density at radius 3 is 2.32 bits per heavy atom. The van der Waals surface area contributed by atoms with Gasteiger partial charge in [0.15, 0.2) is 0 Å². The van der Waals surface area contributed by atoms with Crippen molar-refractivity contribution in [2.24, 2.45) is 0 Å². The molecule has 6 nitrogen and oxygen atoms in total. The summed E-state index contributed by atoms with van der Waals surface area (Å²) < 4.78 is 0. The van der Waals surface area contributed by atoms with Crippen LogP contribution in [0.2, 0.25) is 0 Å². The lowest BCUT2D eigenvalue weighted by atomic mass is 10.1. The van der Waals surface area contributed by atoms with E-state index in [0.29, 0.717) is 38.0 Å². The van der Waals surface area contributed by atoms with Crippen LogP contribution >= 0.6 is 0 Å². The molecule has 0 saturated carbocycles. The molecule has 0 spiro atoms. The normalized spacial score (nSPS) is 16.0. The molecule has 104 valence electrons. The molecule has 0 unspecified atom stereocenters. The second-order valence-corrected chi connectivity index (χ2v) is 5.00. The van der Waals surface area contributed by atoms with E-state index in [9.17, 15) is 4.79 Å². The van der Waals surface area contributed by atoms with Gasteiger partial charge in [-0.3, -0.25) is 4.79 Å². The fourth-order valence-electron chi connectivity index (χ4n) is 2.05. The summed E-state index contributed by atoms with van der Waals surface area (Å²) in [7, 11) is 0. The highest BCUT2D eigenvalue weighted by Crippen LogP contribution is 2.15. The highest BCUT2D eigenvalue weighted by molar-refractivity contribution is 5.77. The number of aromatic nitrogens is 2. The van der Waals surface area contributed by atoms with Crippen molar-refractivity contribution in [3.8, 4) is 0 Å². The Kier molecular flexibility index (Phi) is 4.31. The van der Waals surface area contributed by atoms with Crippen LogP contribution in [0.4, 0.5) is 5.95 Å². The molecule has 19 heavy (non-hydrogen) atoms. The van der Waals surface area contributed by atoms with Gasteiger partial charge in [0.25, 0.3) is 0 Å². The minimum absolute atomic E-state index is 0.212. The first-order valence-electron chi connectivity index (χ1n) is 6.57. The van der Waals surface area contributed by atoms with Crippen LogP contribution in [0, 0.1) is 0 Å². The topological polar surface area (TPSA) is 69.6 Å². The Balaban J connectivity index is 1.96. The summed E-state index contributed by atoms with van der Waals surface area (Å²) in [5.41, 5.74) is 1.12. The molecule has 0 aliphatic carbocycles. The number of piperazine rings is 1. The lowest BCUT2D eigenvalue weighted by Gasteiger charge is -2.34. The molecule has 2 rings (SSSR count). The van der Waals surface area contributed by atoms with Crippen molar-refractivity contribution in [3.05, 3.63) is 18.0 Å². The fraction of sp³-hybridized carbons (Fsp3) is 0.615. The highest BCUT2D eigenvalue weighted by Gasteiger charge is 2.21. The molecule has 1 amide bonds. The first-order chi connectivity index (χ1) is 9.11. The maximum Gasteiger partial charge on any atom is 0.248 e. The average molecular weight is 264 g/mol. The van der Waals surface area contributed by atoms with Gasteiger partial charge >= 0.3 is 0 Å². The summed E-state index contributed by atoms with van der Waals surface area (Å²) in [5.74, 6) is 0.921. The summed E-state index contributed by atoms with van der Waals surface area (Å²) in [6.07, 6.45) is 3.72. The average Bonchev–Trinajstić information content (AvgIpc) is 2.46. The van der Waals surface area contributed by atoms with Crippen molar-refractivity contribution in [2.75, 3.05) is 37.7 Å². The van der Waals surface area contributed by atoms with Gasteiger partial charge in [-0.2, -0.15) is 0 Å². The van der Waals surface area contributed by atoms with Gasteiger partial charge in [-0.25, -0.2) is 9.97 Å².